The highest BCUT2D eigenvalue weighted by Gasteiger charge is 2.30. The lowest BCUT2D eigenvalue weighted by Crippen LogP contribution is -2.45. The molecule has 0 bridgehead atoms. The molecule has 0 spiro atoms. The number of amides is 1. The fourth-order valence-corrected chi connectivity index (χ4v) is 3.20. The summed E-state index contributed by atoms with van der Waals surface area (Å²) in [7, 11) is 3.17. The zero-order valence-electron chi connectivity index (χ0n) is 15.6. The van der Waals surface area contributed by atoms with Gasteiger partial charge in [-0.25, -0.2) is 0 Å². The van der Waals surface area contributed by atoms with Crippen LogP contribution < -0.4 is 14.8 Å². The number of aromatic amines is 1. The molecule has 1 fully saturated rings. The lowest BCUT2D eigenvalue weighted by atomic mass is 9.94. The van der Waals surface area contributed by atoms with Crippen LogP contribution in [0.3, 0.4) is 0 Å². The maximum atomic E-state index is 12.5. The normalized spacial score (nSPS) is 19.0. The molecule has 2 aromatic rings. The first-order valence-corrected chi connectivity index (χ1v) is 8.64. The van der Waals surface area contributed by atoms with Crippen LogP contribution in [0, 0.1) is 0 Å². The van der Waals surface area contributed by atoms with E-state index in [-0.39, 0.29) is 17.6 Å². The highest BCUT2D eigenvalue weighted by Crippen LogP contribution is 2.31. The van der Waals surface area contributed by atoms with Gasteiger partial charge in [-0.3, -0.25) is 9.89 Å². The van der Waals surface area contributed by atoms with Crippen LogP contribution >= 0.6 is 0 Å². The molecule has 1 aliphatic heterocycles. The van der Waals surface area contributed by atoms with Crippen LogP contribution in [0.5, 0.6) is 11.5 Å². The van der Waals surface area contributed by atoms with Gasteiger partial charge in [-0.05, 0) is 51.0 Å². The van der Waals surface area contributed by atoms with Crippen LogP contribution in [0.15, 0.2) is 24.3 Å². The molecule has 0 saturated carbocycles. The van der Waals surface area contributed by atoms with Crippen molar-refractivity contribution in [2.45, 2.75) is 38.3 Å². The Morgan fingerprint density at radius 2 is 2.04 bits per heavy atom. The van der Waals surface area contributed by atoms with Crippen molar-refractivity contribution < 1.29 is 19.0 Å². The average Bonchev–Trinajstić information content (AvgIpc) is 3.10. The minimum atomic E-state index is -0.213. The fraction of sp³-hybridized carbons (Fsp3) is 0.474. The Morgan fingerprint density at radius 1 is 1.27 bits per heavy atom. The van der Waals surface area contributed by atoms with Crippen LogP contribution in [-0.2, 0) is 4.74 Å². The van der Waals surface area contributed by atoms with Gasteiger partial charge in [0.1, 0.15) is 5.69 Å². The highest BCUT2D eigenvalue weighted by molar-refractivity contribution is 5.93. The predicted molar refractivity (Wildman–Crippen MR) is 97.6 cm³/mol. The second-order valence-corrected chi connectivity index (χ2v) is 7.01. The third-order valence-corrected chi connectivity index (χ3v) is 4.53. The summed E-state index contributed by atoms with van der Waals surface area (Å²) in [6.07, 6.45) is 1.60. The van der Waals surface area contributed by atoms with Gasteiger partial charge in [0.2, 0.25) is 0 Å². The van der Waals surface area contributed by atoms with Crippen molar-refractivity contribution in [3.63, 3.8) is 0 Å². The number of carbonyl (C=O) groups excluding carboxylic acids is 1. The van der Waals surface area contributed by atoms with Gasteiger partial charge < -0.3 is 19.5 Å². The number of nitrogens with zero attached hydrogens (tertiary/aromatic N) is 1. The molecule has 26 heavy (non-hydrogen) atoms. The Morgan fingerprint density at radius 3 is 2.73 bits per heavy atom. The smallest absolute Gasteiger partial charge is 0.269 e. The fourth-order valence-electron chi connectivity index (χ4n) is 3.20. The molecule has 2 N–H and O–H groups in total. The summed E-state index contributed by atoms with van der Waals surface area (Å²) in [5, 5.41) is 10.1. The predicted octanol–water partition coefficient (Wildman–Crippen LogP) is 2.78. The molecule has 1 aromatic carbocycles. The van der Waals surface area contributed by atoms with Gasteiger partial charge in [-0.15, -0.1) is 0 Å². The van der Waals surface area contributed by atoms with E-state index in [1.165, 1.54) is 0 Å². The molecule has 1 aromatic heterocycles. The van der Waals surface area contributed by atoms with Gasteiger partial charge in [0.15, 0.2) is 11.5 Å². The van der Waals surface area contributed by atoms with Crippen LogP contribution in [0.2, 0.25) is 0 Å². The number of hydrogen-bond acceptors (Lipinski definition) is 5. The van der Waals surface area contributed by atoms with E-state index >= 15 is 0 Å². The first kappa shape index (κ1) is 18.3. The van der Waals surface area contributed by atoms with Crippen molar-refractivity contribution in [2.75, 3.05) is 20.8 Å². The highest BCUT2D eigenvalue weighted by atomic mass is 16.5. The van der Waals surface area contributed by atoms with Crippen molar-refractivity contribution in [3.05, 3.63) is 30.0 Å². The number of benzene rings is 1. The minimum Gasteiger partial charge on any atom is -0.493 e. The third-order valence-electron chi connectivity index (χ3n) is 4.53. The summed E-state index contributed by atoms with van der Waals surface area (Å²) in [6.45, 7) is 4.73. The van der Waals surface area contributed by atoms with Crippen LogP contribution in [0.25, 0.3) is 11.3 Å². The lowest BCUT2D eigenvalue weighted by molar-refractivity contribution is -0.0615. The van der Waals surface area contributed by atoms with E-state index in [0.29, 0.717) is 29.5 Å². The SMILES string of the molecule is COc1ccc(-c2cc(C(=O)N[C@H]3CCOC(C)(C)C3)[nH]n2)cc1OC. The Hall–Kier alpha value is -2.54. The topological polar surface area (TPSA) is 85.5 Å². The number of aromatic nitrogens is 2. The van der Waals surface area contributed by atoms with Crippen LogP contribution in [-0.4, -0.2) is 48.6 Å². The van der Waals surface area contributed by atoms with Crippen molar-refractivity contribution in [1.82, 2.24) is 15.5 Å². The number of carbonyl (C=O) groups is 1. The van der Waals surface area contributed by atoms with Gasteiger partial charge >= 0.3 is 0 Å². The number of ether oxygens (including phenoxy) is 3. The van der Waals surface area contributed by atoms with E-state index in [1.54, 1.807) is 20.3 Å². The molecule has 1 amide bonds. The summed E-state index contributed by atoms with van der Waals surface area (Å²) < 4.78 is 16.3. The molecule has 0 aliphatic carbocycles. The second-order valence-electron chi connectivity index (χ2n) is 7.01. The van der Waals surface area contributed by atoms with E-state index in [4.69, 9.17) is 14.2 Å². The number of hydrogen-bond donors (Lipinski definition) is 2. The standard InChI is InChI=1S/C19H25N3O4/c1-19(2)11-13(7-8-26-19)20-18(23)15-10-14(21-22-15)12-5-6-16(24-3)17(9-12)25-4/h5-6,9-10,13H,7-8,11H2,1-4H3,(H,20,23)(H,21,22)/t13-/m0/s1. The van der Waals surface area contributed by atoms with Gasteiger partial charge in [0.05, 0.1) is 25.5 Å². The summed E-state index contributed by atoms with van der Waals surface area (Å²) in [6, 6.07) is 7.35. The molecule has 7 heteroatoms. The van der Waals surface area contributed by atoms with Crippen LogP contribution in [0.1, 0.15) is 37.2 Å². The molecular formula is C19H25N3O4. The average molecular weight is 359 g/mol. The van der Waals surface area contributed by atoms with Gasteiger partial charge in [-0.2, -0.15) is 5.10 Å². The molecule has 3 rings (SSSR count). The van der Waals surface area contributed by atoms with E-state index in [9.17, 15) is 4.79 Å². The van der Waals surface area contributed by atoms with Gasteiger partial charge in [-0.1, -0.05) is 0 Å². The molecule has 1 saturated heterocycles. The third kappa shape index (κ3) is 3.99. The van der Waals surface area contributed by atoms with Crippen molar-refractivity contribution >= 4 is 5.91 Å². The number of methoxy groups -OCH3 is 2. The van der Waals surface area contributed by atoms with E-state index in [2.05, 4.69) is 15.5 Å². The zero-order chi connectivity index (χ0) is 18.7. The Bertz CT molecular complexity index is 785. The number of nitrogens with one attached hydrogen (secondary N) is 2. The first-order valence-electron chi connectivity index (χ1n) is 8.64. The van der Waals surface area contributed by atoms with E-state index in [0.717, 1.165) is 18.4 Å². The van der Waals surface area contributed by atoms with E-state index < -0.39 is 0 Å². The minimum absolute atomic E-state index is 0.0964. The largest absolute Gasteiger partial charge is 0.493 e. The molecule has 0 radical (unpaired) electrons. The number of rotatable bonds is 5. The maximum absolute atomic E-state index is 12.5. The lowest BCUT2D eigenvalue weighted by Gasteiger charge is -2.35. The van der Waals surface area contributed by atoms with Crippen molar-refractivity contribution in [1.29, 1.82) is 0 Å². The first-order chi connectivity index (χ1) is 12.4. The molecule has 140 valence electrons. The van der Waals surface area contributed by atoms with E-state index in [1.807, 2.05) is 32.0 Å². The maximum Gasteiger partial charge on any atom is 0.269 e. The summed E-state index contributed by atoms with van der Waals surface area (Å²) in [5.74, 6) is 1.10. The molecular weight excluding hydrogens is 334 g/mol. The van der Waals surface area contributed by atoms with Crippen molar-refractivity contribution in [2.24, 2.45) is 0 Å². The molecule has 0 unspecified atom stereocenters. The van der Waals surface area contributed by atoms with Crippen molar-refractivity contribution in [3.8, 4) is 22.8 Å². The van der Waals surface area contributed by atoms with Crippen LogP contribution in [0.4, 0.5) is 0 Å². The molecule has 1 atom stereocenters. The Balaban J connectivity index is 1.72. The summed E-state index contributed by atoms with van der Waals surface area (Å²) >= 11 is 0. The van der Waals surface area contributed by atoms with Gasteiger partial charge in [0, 0.05) is 18.2 Å². The quantitative estimate of drug-likeness (QED) is 0.857. The molecule has 7 nitrogen and oxygen atoms in total. The Labute approximate surface area is 153 Å². The summed E-state index contributed by atoms with van der Waals surface area (Å²) in [4.78, 5) is 12.5. The molecule has 1 aliphatic rings. The molecule has 2 heterocycles. The number of H-pyrrole nitrogens is 1. The Kier molecular flexibility index (Phi) is 5.18. The monoisotopic (exact) mass is 359 g/mol. The zero-order valence-corrected chi connectivity index (χ0v) is 15.6. The summed E-state index contributed by atoms with van der Waals surface area (Å²) in [5.41, 5.74) is 1.72. The second kappa shape index (κ2) is 7.37. The van der Waals surface area contributed by atoms with Gasteiger partial charge in [0.25, 0.3) is 5.91 Å².